The Morgan fingerprint density at radius 2 is 2.50 bits per heavy atom. The molecule has 1 aliphatic rings. The van der Waals surface area contributed by atoms with Crippen molar-refractivity contribution in [2.75, 3.05) is 13.2 Å². The van der Waals surface area contributed by atoms with Crippen molar-refractivity contribution in [1.82, 2.24) is 10.5 Å². The Morgan fingerprint density at radius 1 is 1.67 bits per heavy atom. The van der Waals surface area contributed by atoms with Crippen LogP contribution in [0.15, 0.2) is 10.6 Å². The van der Waals surface area contributed by atoms with Gasteiger partial charge in [-0.1, -0.05) is 12.1 Å². The molecule has 2 rings (SSSR count). The summed E-state index contributed by atoms with van der Waals surface area (Å²) in [6.07, 6.45) is 2.43. The van der Waals surface area contributed by atoms with Gasteiger partial charge in [0, 0.05) is 19.2 Å². The van der Waals surface area contributed by atoms with Crippen molar-refractivity contribution in [1.29, 1.82) is 0 Å². The third-order valence-electron chi connectivity index (χ3n) is 3.23. The molecule has 2 heterocycles. The second-order valence-electron chi connectivity index (χ2n) is 4.48. The summed E-state index contributed by atoms with van der Waals surface area (Å²) in [4.78, 5) is 10.6. The van der Waals surface area contributed by atoms with Gasteiger partial charge in [0.15, 0.2) is 11.5 Å². The number of rotatable bonds is 6. The first-order chi connectivity index (χ1) is 8.70. The number of hydrogen-bond donors (Lipinski definition) is 2. The highest BCUT2D eigenvalue weighted by Crippen LogP contribution is 2.22. The smallest absolute Gasteiger partial charge is 0.358 e. The number of aromatic nitrogens is 1. The zero-order valence-electron chi connectivity index (χ0n) is 10.4. The Morgan fingerprint density at radius 3 is 3.17 bits per heavy atom. The molecule has 1 saturated heterocycles. The van der Waals surface area contributed by atoms with Crippen molar-refractivity contribution in [3.8, 4) is 0 Å². The van der Waals surface area contributed by atoms with Gasteiger partial charge >= 0.3 is 5.97 Å². The fourth-order valence-corrected chi connectivity index (χ4v) is 2.26. The molecule has 0 saturated carbocycles. The lowest BCUT2D eigenvalue weighted by atomic mass is 10.00. The maximum absolute atomic E-state index is 10.6. The predicted octanol–water partition coefficient (Wildman–Crippen LogP) is 1.28. The summed E-state index contributed by atoms with van der Waals surface area (Å²) in [6.45, 7) is 4.30. The summed E-state index contributed by atoms with van der Waals surface area (Å²) in [5.74, 6) is -0.00327. The number of carbonyl (C=O) groups is 1. The first kappa shape index (κ1) is 13.0. The van der Waals surface area contributed by atoms with Crippen molar-refractivity contribution in [3.05, 3.63) is 17.5 Å². The van der Waals surface area contributed by atoms with Gasteiger partial charge in [-0.15, -0.1) is 0 Å². The van der Waals surface area contributed by atoms with Crippen molar-refractivity contribution >= 4 is 5.97 Å². The maximum atomic E-state index is 10.6. The van der Waals surface area contributed by atoms with Crippen LogP contribution in [0.4, 0.5) is 0 Å². The Labute approximate surface area is 105 Å². The molecule has 1 aromatic heterocycles. The standard InChI is InChI=1S/C12H18N2O4/c1-2-11-8(3-4-17-11)6-13-7-9-5-10(12(15)16)14-18-9/h5,8,11,13H,2-4,6-7H2,1H3,(H,15,16). The summed E-state index contributed by atoms with van der Waals surface area (Å²) in [7, 11) is 0. The number of carboxylic acids is 1. The molecule has 2 atom stereocenters. The van der Waals surface area contributed by atoms with Crippen LogP contribution >= 0.6 is 0 Å². The van der Waals surface area contributed by atoms with Gasteiger partial charge in [-0.3, -0.25) is 0 Å². The molecular weight excluding hydrogens is 236 g/mol. The van der Waals surface area contributed by atoms with E-state index in [9.17, 15) is 4.79 Å². The highest BCUT2D eigenvalue weighted by molar-refractivity contribution is 5.85. The van der Waals surface area contributed by atoms with Crippen LogP contribution in [-0.2, 0) is 11.3 Å². The third-order valence-corrected chi connectivity index (χ3v) is 3.23. The molecule has 0 bridgehead atoms. The minimum absolute atomic E-state index is 0.0533. The van der Waals surface area contributed by atoms with Crippen LogP contribution < -0.4 is 5.32 Å². The van der Waals surface area contributed by atoms with Crippen molar-refractivity contribution in [2.45, 2.75) is 32.4 Å². The number of carboxylic acid groups (broad SMARTS) is 1. The molecule has 0 aliphatic carbocycles. The molecule has 0 aromatic carbocycles. The number of nitrogens with one attached hydrogen (secondary N) is 1. The van der Waals surface area contributed by atoms with Crippen molar-refractivity contribution in [3.63, 3.8) is 0 Å². The quantitative estimate of drug-likeness (QED) is 0.795. The Balaban J connectivity index is 1.76. The van der Waals surface area contributed by atoms with E-state index in [0.29, 0.717) is 24.3 Å². The van der Waals surface area contributed by atoms with Gasteiger partial charge in [0.25, 0.3) is 0 Å². The monoisotopic (exact) mass is 254 g/mol. The molecule has 18 heavy (non-hydrogen) atoms. The molecule has 2 unspecified atom stereocenters. The van der Waals surface area contributed by atoms with E-state index < -0.39 is 5.97 Å². The summed E-state index contributed by atoms with van der Waals surface area (Å²) >= 11 is 0. The second-order valence-corrected chi connectivity index (χ2v) is 4.48. The average molecular weight is 254 g/mol. The zero-order valence-corrected chi connectivity index (χ0v) is 10.4. The maximum Gasteiger partial charge on any atom is 0.358 e. The molecule has 100 valence electrons. The fourth-order valence-electron chi connectivity index (χ4n) is 2.26. The normalized spacial score (nSPS) is 23.4. The lowest BCUT2D eigenvalue weighted by Gasteiger charge is -2.16. The third kappa shape index (κ3) is 3.08. The SMILES string of the molecule is CCC1OCCC1CNCc1cc(C(=O)O)no1. The number of hydrogen-bond acceptors (Lipinski definition) is 5. The Kier molecular flexibility index (Phi) is 4.33. The van der Waals surface area contributed by atoms with E-state index >= 15 is 0 Å². The lowest BCUT2D eigenvalue weighted by Crippen LogP contribution is -2.27. The fraction of sp³-hybridized carbons (Fsp3) is 0.667. The van der Waals surface area contributed by atoms with Gasteiger partial charge in [-0.25, -0.2) is 4.79 Å². The summed E-state index contributed by atoms with van der Waals surface area (Å²) in [5, 5.41) is 15.4. The van der Waals surface area contributed by atoms with Crippen LogP contribution in [0.5, 0.6) is 0 Å². The van der Waals surface area contributed by atoms with Gasteiger partial charge in [-0.05, 0) is 18.8 Å². The first-order valence-electron chi connectivity index (χ1n) is 6.22. The van der Waals surface area contributed by atoms with E-state index in [1.54, 1.807) is 0 Å². The van der Waals surface area contributed by atoms with Gasteiger partial charge in [0.05, 0.1) is 12.6 Å². The van der Waals surface area contributed by atoms with E-state index in [1.165, 1.54) is 6.07 Å². The molecule has 1 fully saturated rings. The summed E-state index contributed by atoms with van der Waals surface area (Å²) in [5.41, 5.74) is -0.0533. The molecule has 6 nitrogen and oxygen atoms in total. The summed E-state index contributed by atoms with van der Waals surface area (Å²) < 4.78 is 10.5. The molecular formula is C12H18N2O4. The Bertz CT molecular complexity index is 405. The molecule has 0 amide bonds. The lowest BCUT2D eigenvalue weighted by molar-refractivity contribution is 0.0685. The van der Waals surface area contributed by atoms with E-state index in [-0.39, 0.29) is 5.69 Å². The van der Waals surface area contributed by atoms with Crippen LogP contribution in [0.3, 0.4) is 0 Å². The van der Waals surface area contributed by atoms with E-state index in [2.05, 4.69) is 17.4 Å². The minimum Gasteiger partial charge on any atom is -0.476 e. The van der Waals surface area contributed by atoms with Crippen LogP contribution in [0.1, 0.15) is 36.0 Å². The Hall–Kier alpha value is -1.40. The van der Waals surface area contributed by atoms with E-state index in [1.807, 2.05) is 0 Å². The van der Waals surface area contributed by atoms with Crippen LogP contribution in [0, 0.1) is 5.92 Å². The van der Waals surface area contributed by atoms with E-state index in [0.717, 1.165) is 26.0 Å². The predicted molar refractivity (Wildman–Crippen MR) is 63.3 cm³/mol. The molecule has 6 heteroatoms. The van der Waals surface area contributed by atoms with Crippen LogP contribution in [-0.4, -0.2) is 35.5 Å². The van der Waals surface area contributed by atoms with Crippen molar-refractivity contribution < 1.29 is 19.2 Å². The topological polar surface area (TPSA) is 84.6 Å². The average Bonchev–Trinajstić information content (AvgIpc) is 2.97. The van der Waals surface area contributed by atoms with Crippen LogP contribution in [0.2, 0.25) is 0 Å². The molecule has 0 radical (unpaired) electrons. The highest BCUT2D eigenvalue weighted by Gasteiger charge is 2.26. The van der Waals surface area contributed by atoms with Crippen molar-refractivity contribution in [2.24, 2.45) is 5.92 Å². The molecule has 1 aromatic rings. The molecule has 1 aliphatic heterocycles. The molecule has 2 N–H and O–H groups in total. The highest BCUT2D eigenvalue weighted by atomic mass is 16.5. The van der Waals surface area contributed by atoms with Gasteiger partial charge in [-0.2, -0.15) is 0 Å². The summed E-state index contributed by atoms with van der Waals surface area (Å²) in [6, 6.07) is 1.44. The number of aromatic carboxylic acids is 1. The van der Waals surface area contributed by atoms with Gasteiger partial charge < -0.3 is 19.7 Å². The number of ether oxygens (including phenoxy) is 1. The van der Waals surface area contributed by atoms with E-state index in [4.69, 9.17) is 14.4 Å². The second kappa shape index (κ2) is 5.97. The minimum atomic E-state index is -1.07. The largest absolute Gasteiger partial charge is 0.476 e. The van der Waals surface area contributed by atoms with Gasteiger partial charge in [0.2, 0.25) is 0 Å². The van der Waals surface area contributed by atoms with Crippen LogP contribution in [0.25, 0.3) is 0 Å². The molecule has 0 spiro atoms. The van der Waals surface area contributed by atoms with Gasteiger partial charge in [0.1, 0.15) is 0 Å². The first-order valence-corrected chi connectivity index (χ1v) is 6.22. The number of nitrogens with zero attached hydrogens (tertiary/aromatic N) is 1. The zero-order chi connectivity index (χ0) is 13.0.